The number of H-pyrrole nitrogens is 1. The molecule has 0 aliphatic rings. The summed E-state index contributed by atoms with van der Waals surface area (Å²) in [6.45, 7) is 1.74. The fourth-order valence-electron chi connectivity index (χ4n) is 2.23. The van der Waals surface area contributed by atoms with Crippen molar-refractivity contribution >= 4 is 10.9 Å². The second kappa shape index (κ2) is 5.24. The Balaban J connectivity index is 1.56. The van der Waals surface area contributed by atoms with Gasteiger partial charge in [-0.05, 0) is 17.7 Å². The predicted octanol–water partition coefficient (Wildman–Crippen LogP) is 1.63. The van der Waals surface area contributed by atoms with Crippen LogP contribution in [0, 0.1) is 0 Å². The Hall–Kier alpha value is -2.14. The molecule has 5 heteroatoms. The first-order chi connectivity index (χ1) is 9.33. The molecule has 0 aliphatic heterocycles. The number of hydrogen-bond acceptors (Lipinski definition) is 3. The molecule has 5 nitrogen and oxygen atoms in total. The van der Waals surface area contributed by atoms with E-state index >= 15 is 0 Å². The van der Waals surface area contributed by atoms with E-state index in [4.69, 9.17) is 0 Å². The van der Waals surface area contributed by atoms with Crippen LogP contribution in [0.4, 0.5) is 0 Å². The van der Waals surface area contributed by atoms with Crippen molar-refractivity contribution in [3.63, 3.8) is 0 Å². The number of benzene rings is 1. The number of rotatable bonds is 5. The van der Waals surface area contributed by atoms with Gasteiger partial charge >= 0.3 is 0 Å². The Bertz CT molecular complexity index is 667. The standard InChI is InChI=1S/C14H17N5/c1-19-10-17-14(18-19)6-7-15-9-11-3-2-4-13-12(11)5-8-16-13/h2-5,8,10,15-16H,6-7,9H2,1H3. The van der Waals surface area contributed by atoms with Gasteiger partial charge in [-0.2, -0.15) is 5.10 Å². The Kier molecular flexibility index (Phi) is 3.29. The highest BCUT2D eigenvalue weighted by Crippen LogP contribution is 2.16. The molecule has 2 aromatic heterocycles. The molecule has 0 spiro atoms. The molecule has 0 atom stereocenters. The monoisotopic (exact) mass is 255 g/mol. The van der Waals surface area contributed by atoms with Gasteiger partial charge in [0, 0.05) is 43.7 Å². The first-order valence-corrected chi connectivity index (χ1v) is 6.43. The fourth-order valence-corrected chi connectivity index (χ4v) is 2.23. The Labute approximate surface area is 111 Å². The molecule has 0 unspecified atom stereocenters. The molecular formula is C14H17N5. The average molecular weight is 255 g/mol. The predicted molar refractivity (Wildman–Crippen MR) is 74.7 cm³/mol. The van der Waals surface area contributed by atoms with Crippen molar-refractivity contribution in [2.45, 2.75) is 13.0 Å². The third-order valence-electron chi connectivity index (χ3n) is 3.17. The molecule has 0 amide bonds. The minimum absolute atomic E-state index is 0.851. The van der Waals surface area contributed by atoms with Gasteiger partial charge in [0.2, 0.25) is 0 Å². The minimum atomic E-state index is 0.851. The molecule has 0 saturated carbocycles. The number of aryl methyl sites for hydroxylation is 1. The summed E-state index contributed by atoms with van der Waals surface area (Å²) in [4.78, 5) is 7.44. The van der Waals surface area contributed by atoms with Crippen LogP contribution in [0.3, 0.4) is 0 Å². The molecule has 1 aromatic carbocycles. The molecule has 0 fully saturated rings. The molecule has 2 N–H and O–H groups in total. The summed E-state index contributed by atoms with van der Waals surface area (Å²) >= 11 is 0. The van der Waals surface area contributed by atoms with E-state index in [1.807, 2.05) is 13.2 Å². The van der Waals surface area contributed by atoms with Crippen LogP contribution in [0.25, 0.3) is 10.9 Å². The number of hydrogen-bond donors (Lipinski definition) is 2. The summed E-state index contributed by atoms with van der Waals surface area (Å²) in [5, 5.41) is 8.98. The summed E-state index contributed by atoms with van der Waals surface area (Å²) in [5.41, 5.74) is 2.50. The van der Waals surface area contributed by atoms with Crippen molar-refractivity contribution < 1.29 is 0 Å². The highest BCUT2D eigenvalue weighted by atomic mass is 15.3. The van der Waals surface area contributed by atoms with E-state index in [1.54, 1.807) is 11.0 Å². The van der Waals surface area contributed by atoms with Crippen LogP contribution in [0.5, 0.6) is 0 Å². The highest BCUT2D eigenvalue weighted by Gasteiger charge is 2.02. The van der Waals surface area contributed by atoms with E-state index in [-0.39, 0.29) is 0 Å². The van der Waals surface area contributed by atoms with Crippen LogP contribution in [-0.4, -0.2) is 26.3 Å². The summed E-state index contributed by atoms with van der Waals surface area (Å²) in [6, 6.07) is 8.45. The Morgan fingerprint density at radius 1 is 1.32 bits per heavy atom. The van der Waals surface area contributed by atoms with Gasteiger partial charge in [0.25, 0.3) is 0 Å². The third-order valence-corrected chi connectivity index (χ3v) is 3.17. The zero-order chi connectivity index (χ0) is 13.1. The van der Waals surface area contributed by atoms with Crippen molar-refractivity contribution in [3.05, 3.63) is 48.2 Å². The van der Waals surface area contributed by atoms with Crippen molar-refractivity contribution in [2.75, 3.05) is 6.54 Å². The van der Waals surface area contributed by atoms with Gasteiger partial charge in [-0.15, -0.1) is 0 Å². The van der Waals surface area contributed by atoms with Crippen molar-refractivity contribution in [1.29, 1.82) is 0 Å². The van der Waals surface area contributed by atoms with Gasteiger partial charge in [0.1, 0.15) is 6.33 Å². The maximum atomic E-state index is 4.26. The van der Waals surface area contributed by atoms with Crippen LogP contribution >= 0.6 is 0 Å². The van der Waals surface area contributed by atoms with Gasteiger partial charge in [0.15, 0.2) is 5.82 Å². The summed E-state index contributed by atoms with van der Waals surface area (Å²) in [5.74, 6) is 0.884. The number of nitrogens with one attached hydrogen (secondary N) is 2. The fraction of sp³-hybridized carbons (Fsp3) is 0.286. The first kappa shape index (κ1) is 11.9. The zero-order valence-electron chi connectivity index (χ0n) is 10.9. The molecule has 0 bridgehead atoms. The SMILES string of the molecule is Cn1cnc(CCNCc2cccc3[nH]ccc23)n1. The van der Waals surface area contributed by atoms with Crippen LogP contribution in [0.1, 0.15) is 11.4 Å². The number of aromatic nitrogens is 4. The molecule has 2 heterocycles. The molecule has 3 rings (SSSR count). The van der Waals surface area contributed by atoms with Gasteiger partial charge < -0.3 is 10.3 Å². The second-order valence-electron chi connectivity index (χ2n) is 4.62. The van der Waals surface area contributed by atoms with Crippen molar-refractivity contribution in [3.8, 4) is 0 Å². The topological polar surface area (TPSA) is 58.5 Å². The van der Waals surface area contributed by atoms with E-state index in [0.717, 1.165) is 25.3 Å². The number of aromatic amines is 1. The average Bonchev–Trinajstić information content (AvgIpc) is 3.03. The largest absolute Gasteiger partial charge is 0.361 e. The summed E-state index contributed by atoms with van der Waals surface area (Å²) in [7, 11) is 1.89. The number of nitrogens with zero attached hydrogens (tertiary/aromatic N) is 3. The normalized spacial score (nSPS) is 11.2. The number of fused-ring (bicyclic) bond motifs is 1. The smallest absolute Gasteiger partial charge is 0.151 e. The Morgan fingerprint density at radius 3 is 3.11 bits per heavy atom. The van der Waals surface area contributed by atoms with Crippen molar-refractivity contribution in [2.24, 2.45) is 7.05 Å². The molecule has 0 radical (unpaired) electrons. The van der Waals surface area contributed by atoms with E-state index < -0.39 is 0 Å². The van der Waals surface area contributed by atoms with Crippen LogP contribution in [-0.2, 0) is 20.0 Å². The van der Waals surface area contributed by atoms with E-state index in [9.17, 15) is 0 Å². The van der Waals surface area contributed by atoms with Gasteiger partial charge in [-0.3, -0.25) is 4.68 Å². The summed E-state index contributed by atoms with van der Waals surface area (Å²) < 4.78 is 1.73. The summed E-state index contributed by atoms with van der Waals surface area (Å²) in [6.07, 6.45) is 4.56. The molecule has 19 heavy (non-hydrogen) atoms. The van der Waals surface area contributed by atoms with Gasteiger partial charge in [-0.1, -0.05) is 12.1 Å². The molecule has 98 valence electrons. The lowest BCUT2D eigenvalue weighted by Crippen LogP contribution is -2.17. The van der Waals surface area contributed by atoms with E-state index in [1.165, 1.54) is 16.5 Å². The van der Waals surface area contributed by atoms with Crippen LogP contribution < -0.4 is 5.32 Å². The van der Waals surface area contributed by atoms with E-state index in [0.29, 0.717) is 0 Å². The first-order valence-electron chi connectivity index (χ1n) is 6.43. The third kappa shape index (κ3) is 2.66. The quantitative estimate of drug-likeness (QED) is 0.681. The lowest BCUT2D eigenvalue weighted by molar-refractivity contribution is 0.663. The lowest BCUT2D eigenvalue weighted by Gasteiger charge is -2.05. The van der Waals surface area contributed by atoms with Gasteiger partial charge in [0.05, 0.1) is 0 Å². The molecular weight excluding hydrogens is 238 g/mol. The minimum Gasteiger partial charge on any atom is -0.361 e. The van der Waals surface area contributed by atoms with Crippen LogP contribution in [0.2, 0.25) is 0 Å². The van der Waals surface area contributed by atoms with Gasteiger partial charge in [-0.25, -0.2) is 4.98 Å². The Morgan fingerprint density at radius 2 is 2.26 bits per heavy atom. The maximum absolute atomic E-state index is 4.26. The van der Waals surface area contributed by atoms with Crippen LogP contribution in [0.15, 0.2) is 36.8 Å². The molecule has 0 saturated heterocycles. The maximum Gasteiger partial charge on any atom is 0.151 e. The lowest BCUT2D eigenvalue weighted by atomic mass is 10.1. The highest BCUT2D eigenvalue weighted by molar-refractivity contribution is 5.82. The molecule has 0 aliphatic carbocycles. The second-order valence-corrected chi connectivity index (χ2v) is 4.62. The van der Waals surface area contributed by atoms with E-state index in [2.05, 4.69) is 44.6 Å². The van der Waals surface area contributed by atoms with Crippen molar-refractivity contribution in [1.82, 2.24) is 25.1 Å². The zero-order valence-corrected chi connectivity index (χ0v) is 10.9. The molecule has 3 aromatic rings.